The second kappa shape index (κ2) is 63.5. The van der Waals surface area contributed by atoms with Crippen molar-refractivity contribution in [1.82, 2.24) is 66.1 Å². The minimum Gasteiger partial charge on any atom is -0.445 e. The van der Waals surface area contributed by atoms with Crippen LogP contribution in [0.4, 0.5) is 32.9 Å². The van der Waals surface area contributed by atoms with Gasteiger partial charge in [0.1, 0.15) is 19.3 Å². The van der Waals surface area contributed by atoms with Crippen molar-refractivity contribution in [3.63, 3.8) is 0 Å². The molecule has 135 heavy (non-hydrogen) atoms. The maximum Gasteiger partial charge on any atom is 0.410 e. The van der Waals surface area contributed by atoms with Crippen molar-refractivity contribution in [2.75, 3.05) is 124 Å². The molecule has 2 heterocycles. The van der Waals surface area contributed by atoms with E-state index in [4.69, 9.17) is 84.0 Å². The lowest BCUT2D eigenvalue weighted by Crippen LogP contribution is -2.50. The third-order valence-corrected chi connectivity index (χ3v) is 21.7. The highest BCUT2D eigenvalue weighted by Crippen LogP contribution is 2.26. The SMILES string of the molecule is CCCCCc1ccc2cc(C[C@H](NCCCN(C)C)C(N)=O)ccc2c1.CN(C)CCCN(C(=O)OCc1ccccc1)C(Cc1ccc2cc(/C=C/CCNC(=O)OCc3ccccc3)ccc2c1)C(N)=O.CN(C)CCCN[C@@H](Cc1ccc2cc(CCCCN=C(N)NC(=O)c3nc(Cl)c(N)nc3N)ccc2c1)C(N)=O.CSC(=N)NC(=O)c1nc(Cl)c(N)nc1N.I.S.S.S. The average Bonchev–Trinajstić information content (AvgIpc) is 0.876. The summed E-state index contributed by atoms with van der Waals surface area (Å²) < 4.78 is 10.9. The van der Waals surface area contributed by atoms with Gasteiger partial charge in [0.2, 0.25) is 17.7 Å². The number of thioether (sulfide) groups is 1. The lowest BCUT2D eigenvalue weighted by atomic mass is 9.98. The van der Waals surface area contributed by atoms with Gasteiger partial charge in [-0.1, -0.05) is 231 Å². The van der Waals surface area contributed by atoms with Gasteiger partial charge in [0.05, 0.1) is 12.1 Å². The summed E-state index contributed by atoms with van der Waals surface area (Å²) in [6, 6.07) is 55.3. The molecular formula is C96H134Cl2IN23O9S4. The minimum atomic E-state index is -0.857. The standard InChI is InChI=1S/C38H44N4O5.C28H39ClN10O2.C23H35N3O.C7H9ClN6OS.HI.3H2S/c1-41(2)22-11-23-42(38(45)47-28-31-15-7-4-8-16-31)35(36(39)43)26-32-18-20-33-24-29(17-19-34(33)25-32)12-9-10-21-40-37(44)46-27-30-13-5-3-6-14-30;1-39(2)13-5-12-34-21(26(32)40)16-18-8-10-19-14-17(7-9-20(19)15-18)6-3-4-11-35-28(33)38-27(41)22-24(30)37-25(31)23(29)36-22;1-4-5-6-8-18-9-11-21-16-19(10-12-20(21)15-18)17-22(23(24)27)25-13-7-14-26(2)3;1-16-7(11)14-6(15)2-4(9)13-5(10)3(8)12-2;;;;/h3-9,12-20,24-25,35H,10-11,21-23,26-28H2,1-2H3,(H2,39,43)(H,40,44);7-10,14-15,21,34H,3-6,11-13,16H2,1-2H3,(H2,32,40)(H4,30,31,37)(H3,33,35,38,41);9-12,15-16,22,25H,4-8,13-14,17H2,1-3H3,(H2,24,27);1H3,(H4,9,10,13)(H2,11,14,15);1H;3*1H2/b12-9+;;;;;;;/t;21-;22-;;;;;/m.00...../s1. The molecule has 10 aromatic rings. The van der Waals surface area contributed by atoms with Crippen LogP contribution >= 0.6 is 99.4 Å². The van der Waals surface area contributed by atoms with E-state index in [0.717, 1.165) is 138 Å². The fourth-order valence-corrected chi connectivity index (χ4v) is 14.0. The molecule has 0 saturated heterocycles. The number of amides is 7. The van der Waals surface area contributed by atoms with Gasteiger partial charge in [-0.2, -0.15) is 40.5 Å². The molecule has 3 atom stereocenters. The number of hydrogen-bond donors (Lipinski definition) is 14. The van der Waals surface area contributed by atoms with Crippen molar-refractivity contribution in [2.45, 2.75) is 128 Å². The van der Waals surface area contributed by atoms with Gasteiger partial charge in [0.15, 0.2) is 56.1 Å². The van der Waals surface area contributed by atoms with Crippen LogP contribution in [0.1, 0.15) is 130 Å². The first kappa shape index (κ1) is 118. The molecule has 32 nitrogen and oxygen atoms in total. The van der Waals surface area contributed by atoms with Crippen LogP contribution in [0, 0.1) is 5.41 Å². The predicted octanol–water partition coefficient (Wildman–Crippen LogP) is 12.4. The number of carbonyl (C=O) groups is 7. The Balaban J connectivity index is 0.000000486. The van der Waals surface area contributed by atoms with Crippen molar-refractivity contribution in [1.29, 1.82) is 5.41 Å². The van der Waals surface area contributed by atoms with Crippen molar-refractivity contribution in [3.05, 3.63) is 242 Å². The predicted molar refractivity (Wildman–Crippen MR) is 576 cm³/mol. The quantitative estimate of drug-likeness (QED) is 0.00730. The molecule has 8 aromatic carbocycles. The summed E-state index contributed by atoms with van der Waals surface area (Å²) in [4.78, 5) is 112. The van der Waals surface area contributed by atoms with E-state index in [1.807, 2.05) is 142 Å². The summed E-state index contributed by atoms with van der Waals surface area (Å²) in [6.45, 7) is 8.05. The second-order valence-corrected chi connectivity index (χ2v) is 33.6. The topological polar surface area (TPSA) is 507 Å². The molecule has 0 aliphatic carbocycles. The van der Waals surface area contributed by atoms with Gasteiger partial charge < -0.3 is 91.3 Å². The number of nitrogens with one attached hydrogen (secondary N) is 6. The highest BCUT2D eigenvalue weighted by molar-refractivity contribution is 14.0. The summed E-state index contributed by atoms with van der Waals surface area (Å²) in [5.74, 6) is -2.96. The van der Waals surface area contributed by atoms with E-state index >= 15 is 0 Å². The van der Waals surface area contributed by atoms with Crippen LogP contribution in [0.25, 0.3) is 38.4 Å². The number of nitrogens with zero attached hydrogens (tertiary/aromatic N) is 9. The summed E-state index contributed by atoms with van der Waals surface area (Å²) in [7, 11) is 12.1. The van der Waals surface area contributed by atoms with E-state index in [-0.39, 0.29) is 158 Å². The van der Waals surface area contributed by atoms with Crippen molar-refractivity contribution in [2.24, 2.45) is 27.9 Å². The van der Waals surface area contributed by atoms with E-state index in [2.05, 4.69) is 155 Å². The Morgan fingerprint density at radius 2 is 0.889 bits per heavy atom. The highest BCUT2D eigenvalue weighted by Gasteiger charge is 2.30. The first-order valence-electron chi connectivity index (χ1n) is 43.4. The number of guanidine groups is 1. The van der Waals surface area contributed by atoms with Gasteiger partial charge in [-0.15, -0.1) is 24.0 Å². The maximum absolute atomic E-state index is 13.3. The number of nitrogens with two attached hydrogens (primary N) is 8. The molecule has 2 aromatic heterocycles. The van der Waals surface area contributed by atoms with Crippen molar-refractivity contribution < 1.29 is 43.0 Å². The number of aromatic nitrogens is 4. The van der Waals surface area contributed by atoms with Crippen molar-refractivity contribution >= 4 is 214 Å². The molecule has 39 heteroatoms. The number of fused-ring (bicyclic) bond motifs is 3. The number of ether oxygens (including phenoxy) is 2. The largest absolute Gasteiger partial charge is 0.445 e. The molecule has 0 fully saturated rings. The lowest BCUT2D eigenvalue weighted by Gasteiger charge is -2.29. The van der Waals surface area contributed by atoms with Crippen LogP contribution in [0.5, 0.6) is 0 Å². The fourth-order valence-electron chi connectivity index (χ4n) is 13.6. The number of nitrogen functional groups attached to an aromatic ring is 4. The van der Waals surface area contributed by atoms with Crippen LogP contribution < -0.4 is 72.5 Å². The molecule has 732 valence electrons. The molecule has 0 spiro atoms. The Bertz CT molecular complexity index is 5490. The third-order valence-electron chi connectivity index (χ3n) is 20.6. The van der Waals surface area contributed by atoms with Gasteiger partial charge >= 0.3 is 12.2 Å². The zero-order valence-corrected chi connectivity index (χ0v) is 85.6. The van der Waals surface area contributed by atoms with Gasteiger partial charge in [0, 0.05) is 26.1 Å². The normalized spacial score (nSPS) is 11.6. The number of alkyl carbamates (subject to hydrolysis) is 1. The Morgan fingerprint density at radius 3 is 1.33 bits per heavy atom. The third kappa shape index (κ3) is 43.4. The first-order chi connectivity index (χ1) is 62.7. The van der Waals surface area contributed by atoms with Crippen LogP contribution in [-0.2, 0) is 69.2 Å². The number of primary amides is 3. The molecule has 10 rings (SSSR count). The number of halogens is 3. The molecule has 0 aliphatic rings. The van der Waals surface area contributed by atoms with Gasteiger partial charge in [-0.25, -0.2) is 29.5 Å². The molecule has 0 aliphatic heterocycles. The molecule has 7 amide bonds. The molecule has 22 N–H and O–H groups in total. The number of carbonyl (C=O) groups excluding carboxylic acids is 7. The number of benzene rings is 8. The zero-order chi connectivity index (χ0) is 95.3. The minimum absolute atomic E-state index is 0. The Hall–Kier alpha value is -10.8. The molecular weight excluding hydrogens is 1950 g/mol. The number of amidine groups is 1. The summed E-state index contributed by atoms with van der Waals surface area (Å²) in [6.07, 6.45) is 16.8. The summed E-state index contributed by atoms with van der Waals surface area (Å²) in [5, 5.41) is 27.9. The number of rotatable bonds is 43. The second-order valence-electron chi connectivity index (χ2n) is 32.1. The van der Waals surface area contributed by atoms with E-state index in [1.165, 1.54) is 46.1 Å². The maximum atomic E-state index is 13.3. The Labute approximate surface area is 844 Å². The lowest BCUT2D eigenvalue weighted by molar-refractivity contribution is -0.123. The molecule has 0 bridgehead atoms. The average molecular weight is 2080 g/mol. The van der Waals surface area contributed by atoms with E-state index in [1.54, 1.807) is 6.26 Å². The van der Waals surface area contributed by atoms with E-state index in [0.29, 0.717) is 45.3 Å². The van der Waals surface area contributed by atoms with Crippen molar-refractivity contribution in [3.8, 4) is 0 Å². The molecule has 0 radical (unpaired) electrons. The first-order valence-corrected chi connectivity index (χ1v) is 45.4. The number of aliphatic imine (C=N–C) groups is 1. The van der Waals surface area contributed by atoms with E-state index in [9.17, 15) is 33.6 Å². The Morgan fingerprint density at radius 1 is 0.474 bits per heavy atom. The fraction of sp³-hybridized carbons (Fsp3) is 0.365. The number of aryl methyl sites for hydroxylation is 2. The van der Waals surface area contributed by atoms with E-state index < -0.39 is 42.0 Å². The zero-order valence-electron chi connectivity index (χ0n) is 77.9. The molecule has 1 unspecified atom stereocenters. The monoisotopic (exact) mass is 2080 g/mol. The summed E-state index contributed by atoms with van der Waals surface area (Å²) in [5.41, 5.74) is 53.2. The number of hydrogen-bond acceptors (Lipinski definition) is 25. The van der Waals surface area contributed by atoms with Crippen LogP contribution in [0.2, 0.25) is 10.3 Å². The molecule has 0 saturated carbocycles. The number of unbranched alkanes of at least 4 members (excludes halogenated alkanes) is 3. The van der Waals surface area contributed by atoms with Crippen LogP contribution in [0.15, 0.2) is 181 Å². The number of anilines is 4. The summed E-state index contributed by atoms with van der Waals surface area (Å²) >= 11 is 12.5. The van der Waals surface area contributed by atoms with Gasteiger partial charge in [-0.3, -0.25) is 44.6 Å². The smallest absolute Gasteiger partial charge is 0.410 e. The van der Waals surface area contributed by atoms with Gasteiger partial charge in [-0.05, 0) is 235 Å². The highest BCUT2D eigenvalue weighted by atomic mass is 127. The van der Waals surface area contributed by atoms with Crippen LogP contribution in [0.3, 0.4) is 0 Å². The van der Waals surface area contributed by atoms with Gasteiger partial charge in [0.25, 0.3) is 11.8 Å². The Kier molecular flexibility index (Phi) is 55.7. The van der Waals surface area contributed by atoms with Crippen LogP contribution in [-0.4, -0.2) is 211 Å².